The van der Waals surface area contributed by atoms with E-state index in [2.05, 4.69) is 76.2 Å². The van der Waals surface area contributed by atoms with Gasteiger partial charge in [0.1, 0.15) is 0 Å². The Labute approximate surface area is 152 Å². The van der Waals surface area contributed by atoms with E-state index >= 15 is 0 Å². The van der Waals surface area contributed by atoms with Crippen molar-refractivity contribution in [3.05, 3.63) is 75.9 Å². The maximum atomic E-state index is 2.40. The molecule has 0 unspecified atom stereocenters. The first-order valence-corrected chi connectivity index (χ1v) is 9.74. The molecule has 4 rings (SSSR count). The van der Waals surface area contributed by atoms with Gasteiger partial charge >= 0.3 is 0 Å². The summed E-state index contributed by atoms with van der Waals surface area (Å²) in [4.78, 5) is 0. The molecule has 2 aliphatic rings. The third-order valence-corrected chi connectivity index (χ3v) is 6.10. The van der Waals surface area contributed by atoms with E-state index in [0.717, 1.165) is 12.8 Å². The first kappa shape index (κ1) is 16.4. The van der Waals surface area contributed by atoms with E-state index in [4.69, 9.17) is 0 Å². The van der Waals surface area contributed by atoms with Gasteiger partial charge in [-0.15, -0.1) is 0 Å². The predicted molar refractivity (Wildman–Crippen MR) is 110 cm³/mol. The number of hydrogen-bond acceptors (Lipinski definition) is 0. The molecule has 0 spiro atoms. The zero-order chi connectivity index (χ0) is 17.6. The molecule has 25 heavy (non-hydrogen) atoms. The smallest absolute Gasteiger partial charge is 0.0161 e. The predicted octanol–water partition coefficient (Wildman–Crippen LogP) is 6.82. The Hall–Kier alpha value is -2.08. The van der Waals surface area contributed by atoms with Gasteiger partial charge in [0, 0.05) is 5.41 Å². The molecule has 0 radical (unpaired) electrons. The van der Waals surface area contributed by atoms with Crippen LogP contribution in [0.2, 0.25) is 0 Å². The van der Waals surface area contributed by atoms with Gasteiger partial charge in [0.15, 0.2) is 0 Å². The van der Waals surface area contributed by atoms with Crippen LogP contribution < -0.4 is 0 Å². The van der Waals surface area contributed by atoms with Crippen LogP contribution in [-0.4, -0.2) is 0 Å². The van der Waals surface area contributed by atoms with Gasteiger partial charge in [-0.2, -0.15) is 0 Å². The van der Waals surface area contributed by atoms with Gasteiger partial charge in [-0.3, -0.25) is 0 Å². The van der Waals surface area contributed by atoms with Crippen molar-refractivity contribution in [2.45, 2.75) is 58.8 Å². The van der Waals surface area contributed by atoms with Crippen LogP contribution in [0.25, 0.3) is 17.2 Å². The van der Waals surface area contributed by atoms with E-state index in [-0.39, 0.29) is 5.41 Å². The molecule has 0 nitrogen and oxygen atoms in total. The van der Waals surface area contributed by atoms with Gasteiger partial charge in [-0.25, -0.2) is 0 Å². The molecule has 0 saturated heterocycles. The van der Waals surface area contributed by atoms with Crippen molar-refractivity contribution in [1.29, 1.82) is 0 Å². The number of fused-ring (bicyclic) bond motifs is 4. The Balaban J connectivity index is 1.93. The van der Waals surface area contributed by atoms with E-state index in [0.29, 0.717) is 0 Å². The van der Waals surface area contributed by atoms with E-state index in [1.165, 1.54) is 35.1 Å². The number of allylic oxidation sites excluding steroid dienone is 3. The zero-order valence-electron chi connectivity index (χ0n) is 15.9. The molecule has 0 heteroatoms. The minimum Gasteiger partial charge on any atom is -0.0842 e. The summed E-state index contributed by atoms with van der Waals surface area (Å²) in [5.41, 5.74) is 12.3. The highest BCUT2D eigenvalue weighted by atomic mass is 14.4. The summed E-state index contributed by atoms with van der Waals surface area (Å²) >= 11 is 0. The van der Waals surface area contributed by atoms with Crippen LogP contribution >= 0.6 is 0 Å². The molecule has 0 bridgehead atoms. The van der Waals surface area contributed by atoms with Crippen molar-refractivity contribution in [3.63, 3.8) is 0 Å². The molecular weight excluding hydrogens is 300 g/mol. The highest BCUT2D eigenvalue weighted by molar-refractivity contribution is 6.03. The first-order chi connectivity index (χ1) is 12.1. The fourth-order valence-electron chi connectivity index (χ4n) is 5.00. The summed E-state index contributed by atoms with van der Waals surface area (Å²) in [5.74, 6) is 0. The molecule has 128 valence electrons. The van der Waals surface area contributed by atoms with Crippen molar-refractivity contribution in [3.8, 4) is 0 Å². The molecule has 0 aliphatic heterocycles. The lowest BCUT2D eigenvalue weighted by Gasteiger charge is -2.30. The summed E-state index contributed by atoms with van der Waals surface area (Å²) < 4.78 is 0. The third-order valence-electron chi connectivity index (χ3n) is 6.10. The number of rotatable bonds is 3. The zero-order valence-corrected chi connectivity index (χ0v) is 15.9. The van der Waals surface area contributed by atoms with Gasteiger partial charge in [0.05, 0.1) is 0 Å². The summed E-state index contributed by atoms with van der Waals surface area (Å²) in [5, 5.41) is 0. The van der Waals surface area contributed by atoms with Gasteiger partial charge in [-0.05, 0) is 70.2 Å². The Kier molecular flexibility index (Phi) is 3.95. The van der Waals surface area contributed by atoms with E-state index in [1.807, 2.05) is 0 Å². The van der Waals surface area contributed by atoms with Crippen LogP contribution in [-0.2, 0) is 18.3 Å². The second-order valence-corrected chi connectivity index (χ2v) is 7.85. The van der Waals surface area contributed by atoms with Crippen molar-refractivity contribution < 1.29 is 0 Å². The molecular formula is C25H28. The van der Waals surface area contributed by atoms with Crippen molar-refractivity contribution in [1.82, 2.24) is 0 Å². The molecule has 0 N–H and O–H groups in total. The van der Waals surface area contributed by atoms with Gasteiger partial charge in [0.2, 0.25) is 0 Å². The van der Waals surface area contributed by atoms with Crippen LogP contribution in [0.3, 0.4) is 0 Å². The highest BCUT2D eigenvalue weighted by Gasteiger charge is 2.40. The molecule has 2 aromatic carbocycles. The van der Waals surface area contributed by atoms with Gasteiger partial charge in [-0.1, -0.05) is 76.2 Å². The molecule has 0 fully saturated rings. The van der Waals surface area contributed by atoms with E-state index in [9.17, 15) is 0 Å². The number of hydrogen-bond donors (Lipinski definition) is 0. The maximum Gasteiger partial charge on any atom is 0.0161 e. The Morgan fingerprint density at radius 2 is 1.76 bits per heavy atom. The van der Waals surface area contributed by atoms with Crippen molar-refractivity contribution in [2.75, 3.05) is 0 Å². The second kappa shape index (κ2) is 6.02. The third kappa shape index (κ3) is 2.34. The van der Waals surface area contributed by atoms with E-state index in [1.54, 1.807) is 22.3 Å². The average molecular weight is 328 g/mol. The van der Waals surface area contributed by atoms with Gasteiger partial charge < -0.3 is 0 Å². The SMILES string of the molecule is CCC=Cc1ccc2c(c1CC)CCC1=C2C(C)(C)c2ccccc21. The molecule has 0 heterocycles. The first-order valence-electron chi connectivity index (χ1n) is 9.74. The largest absolute Gasteiger partial charge is 0.0842 e. The highest BCUT2D eigenvalue weighted by Crippen LogP contribution is 2.55. The standard InChI is InChI=1S/C25H28/c1-5-7-10-17-13-14-21-19(18(17)6-2)15-16-22-20-11-8-9-12-23(20)25(3,4)24(21)22/h7-14H,5-6,15-16H2,1-4H3. The normalized spacial score (nSPS) is 17.6. The summed E-state index contributed by atoms with van der Waals surface area (Å²) in [6.07, 6.45) is 9.16. The van der Waals surface area contributed by atoms with Crippen LogP contribution in [0.4, 0.5) is 0 Å². The summed E-state index contributed by atoms with van der Waals surface area (Å²) in [6.45, 7) is 9.31. The van der Waals surface area contributed by atoms with Crippen LogP contribution in [0.15, 0.2) is 42.5 Å². The monoisotopic (exact) mass is 328 g/mol. The molecule has 0 atom stereocenters. The van der Waals surface area contributed by atoms with Crippen molar-refractivity contribution >= 4 is 17.2 Å². The lowest BCUT2D eigenvalue weighted by Crippen LogP contribution is -2.19. The average Bonchev–Trinajstić information content (AvgIpc) is 2.87. The minimum absolute atomic E-state index is 0.104. The Bertz CT molecular complexity index is 890. The van der Waals surface area contributed by atoms with Crippen molar-refractivity contribution in [2.24, 2.45) is 0 Å². The fraction of sp³-hybridized carbons (Fsp3) is 0.360. The lowest BCUT2D eigenvalue weighted by atomic mass is 9.73. The van der Waals surface area contributed by atoms with Gasteiger partial charge in [0.25, 0.3) is 0 Å². The lowest BCUT2D eigenvalue weighted by molar-refractivity contribution is 0.700. The quantitative estimate of drug-likeness (QED) is 0.580. The summed E-state index contributed by atoms with van der Waals surface area (Å²) in [6, 6.07) is 13.8. The minimum atomic E-state index is 0.104. The molecule has 0 saturated carbocycles. The topological polar surface area (TPSA) is 0 Å². The Morgan fingerprint density at radius 3 is 2.52 bits per heavy atom. The van der Waals surface area contributed by atoms with E-state index < -0.39 is 0 Å². The molecule has 2 aromatic rings. The number of benzene rings is 2. The fourth-order valence-corrected chi connectivity index (χ4v) is 5.00. The molecule has 2 aliphatic carbocycles. The summed E-state index contributed by atoms with van der Waals surface area (Å²) in [7, 11) is 0. The molecule has 0 aromatic heterocycles. The second-order valence-electron chi connectivity index (χ2n) is 7.85. The Morgan fingerprint density at radius 1 is 0.960 bits per heavy atom. The maximum absolute atomic E-state index is 2.40. The molecule has 0 amide bonds. The van der Waals surface area contributed by atoms with Crippen LogP contribution in [0.1, 0.15) is 73.9 Å². The van der Waals surface area contributed by atoms with Crippen LogP contribution in [0, 0.1) is 0 Å². The van der Waals surface area contributed by atoms with Crippen LogP contribution in [0.5, 0.6) is 0 Å².